The van der Waals surface area contributed by atoms with Gasteiger partial charge in [-0.25, -0.2) is 4.98 Å². The molecule has 0 aromatic carbocycles. The number of nitrogens with zero attached hydrogens (tertiary/aromatic N) is 3. The predicted octanol–water partition coefficient (Wildman–Crippen LogP) is 1.40. The number of aromatic nitrogens is 3. The Morgan fingerprint density at radius 1 is 1.32 bits per heavy atom. The molecule has 8 heteroatoms. The van der Waals surface area contributed by atoms with E-state index >= 15 is 0 Å². The van der Waals surface area contributed by atoms with Crippen molar-refractivity contribution in [1.82, 2.24) is 25.8 Å². The van der Waals surface area contributed by atoms with Crippen LogP contribution in [0.4, 0.5) is 5.82 Å². The topological polar surface area (TPSA) is 85.9 Å². The molecule has 0 aliphatic carbocycles. The van der Waals surface area contributed by atoms with E-state index in [-0.39, 0.29) is 18.3 Å². The second-order valence-corrected chi connectivity index (χ2v) is 6.36. The van der Waals surface area contributed by atoms with Crippen LogP contribution in [-0.4, -0.2) is 40.7 Å². The number of anilines is 1. The molecule has 0 bridgehead atoms. The van der Waals surface area contributed by atoms with Crippen LogP contribution in [0.5, 0.6) is 0 Å². The van der Waals surface area contributed by atoms with Gasteiger partial charge in [-0.1, -0.05) is 0 Å². The molecule has 4 heterocycles. The fraction of sp³-hybridized carbons (Fsp3) is 0.471. The van der Waals surface area contributed by atoms with Crippen molar-refractivity contribution in [2.75, 3.05) is 24.5 Å². The Kier molecular flexibility index (Phi) is 5.55. The number of nitrogens with one attached hydrogen (secondary N) is 3. The minimum atomic E-state index is -0.129. The zero-order valence-electron chi connectivity index (χ0n) is 14.0. The summed E-state index contributed by atoms with van der Waals surface area (Å²) >= 11 is 0. The van der Waals surface area contributed by atoms with Crippen LogP contribution < -0.4 is 15.5 Å². The molecule has 7 nitrogen and oxygen atoms in total. The van der Waals surface area contributed by atoms with Crippen LogP contribution in [0, 0.1) is 0 Å². The fourth-order valence-corrected chi connectivity index (χ4v) is 3.37. The summed E-state index contributed by atoms with van der Waals surface area (Å²) in [6, 6.07) is 4.01. The van der Waals surface area contributed by atoms with E-state index < -0.39 is 0 Å². The summed E-state index contributed by atoms with van der Waals surface area (Å²) in [6.07, 6.45) is 5.15. The lowest BCUT2D eigenvalue weighted by Gasteiger charge is -2.17. The maximum absolute atomic E-state index is 12.4. The van der Waals surface area contributed by atoms with Crippen LogP contribution in [0.15, 0.2) is 18.3 Å². The molecule has 1 amide bonds. The minimum Gasteiger partial charge on any atom is -0.357 e. The molecule has 0 spiro atoms. The van der Waals surface area contributed by atoms with E-state index in [0.717, 1.165) is 48.7 Å². The SMILES string of the molecule is Cl.O=C(NCc1ccnc(N2CCCC2)c1)c1n[nH]c2c1CNCC2. The zero-order valence-corrected chi connectivity index (χ0v) is 14.9. The zero-order chi connectivity index (χ0) is 16.4. The van der Waals surface area contributed by atoms with E-state index in [4.69, 9.17) is 0 Å². The highest BCUT2D eigenvalue weighted by atomic mass is 35.5. The first-order chi connectivity index (χ1) is 11.8. The first-order valence-corrected chi connectivity index (χ1v) is 8.56. The second-order valence-electron chi connectivity index (χ2n) is 6.36. The number of amides is 1. The first kappa shape index (κ1) is 17.7. The molecule has 0 atom stereocenters. The number of hydrogen-bond donors (Lipinski definition) is 3. The maximum atomic E-state index is 12.4. The summed E-state index contributed by atoms with van der Waals surface area (Å²) in [6.45, 7) is 4.23. The van der Waals surface area contributed by atoms with Crippen LogP contribution in [0.25, 0.3) is 0 Å². The predicted molar refractivity (Wildman–Crippen MR) is 98.1 cm³/mol. The summed E-state index contributed by atoms with van der Waals surface area (Å²) in [4.78, 5) is 19.2. The third-order valence-electron chi connectivity index (χ3n) is 4.71. The number of halogens is 1. The molecule has 4 rings (SSSR count). The summed E-state index contributed by atoms with van der Waals surface area (Å²) in [7, 11) is 0. The highest BCUT2D eigenvalue weighted by molar-refractivity contribution is 5.94. The van der Waals surface area contributed by atoms with E-state index in [0.29, 0.717) is 18.8 Å². The lowest BCUT2D eigenvalue weighted by Crippen LogP contribution is -2.28. The highest BCUT2D eigenvalue weighted by Gasteiger charge is 2.21. The Morgan fingerprint density at radius 3 is 3.00 bits per heavy atom. The quantitative estimate of drug-likeness (QED) is 0.765. The third kappa shape index (κ3) is 3.77. The van der Waals surface area contributed by atoms with Gasteiger partial charge in [-0.05, 0) is 30.5 Å². The van der Waals surface area contributed by atoms with Gasteiger partial charge in [0, 0.05) is 56.6 Å². The normalized spacial score (nSPS) is 16.2. The summed E-state index contributed by atoms with van der Waals surface area (Å²) < 4.78 is 0. The van der Waals surface area contributed by atoms with E-state index in [1.165, 1.54) is 12.8 Å². The Hall–Kier alpha value is -2.12. The van der Waals surface area contributed by atoms with Crippen LogP contribution >= 0.6 is 12.4 Å². The van der Waals surface area contributed by atoms with Crippen LogP contribution in [0.3, 0.4) is 0 Å². The Labute approximate surface area is 153 Å². The molecular formula is C17H23ClN6O. The second kappa shape index (κ2) is 7.84. The minimum absolute atomic E-state index is 0. The average molecular weight is 363 g/mol. The van der Waals surface area contributed by atoms with Gasteiger partial charge < -0.3 is 15.5 Å². The van der Waals surface area contributed by atoms with Gasteiger partial charge >= 0.3 is 0 Å². The molecule has 134 valence electrons. The number of fused-ring (bicyclic) bond motifs is 1. The molecular weight excluding hydrogens is 340 g/mol. The number of rotatable bonds is 4. The van der Waals surface area contributed by atoms with Crippen molar-refractivity contribution in [3.05, 3.63) is 40.8 Å². The molecule has 3 N–H and O–H groups in total. The molecule has 1 fully saturated rings. The van der Waals surface area contributed by atoms with Gasteiger partial charge in [0.15, 0.2) is 5.69 Å². The largest absolute Gasteiger partial charge is 0.357 e. The van der Waals surface area contributed by atoms with Gasteiger partial charge in [-0.3, -0.25) is 9.89 Å². The van der Waals surface area contributed by atoms with Gasteiger partial charge in [-0.2, -0.15) is 5.10 Å². The lowest BCUT2D eigenvalue weighted by molar-refractivity contribution is 0.0944. The Morgan fingerprint density at radius 2 is 2.16 bits per heavy atom. The lowest BCUT2D eigenvalue weighted by atomic mass is 10.1. The maximum Gasteiger partial charge on any atom is 0.272 e. The molecule has 25 heavy (non-hydrogen) atoms. The van der Waals surface area contributed by atoms with Crippen molar-refractivity contribution < 1.29 is 4.79 Å². The van der Waals surface area contributed by atoms with E-state index in [9.17, 15) is 4.79 Å². The van der Waals surface area contributed by atoms with Gasteiger partial charge in [0.05, 0.1) is 0 Å². The van der Waals surface area contributed by atoms with Crippen molar-refractivity contribution in [2.24, 2.45) is 0 Å². The van der Waals surface area contributed by atoms with Crippen LogP contribution in [-0.2, 0) is 19.5 Å². The van der Waals surface area contributed by atoms with Gasteiger partial charge in [0.1, 0.15) is 5.82 Å². The Bertz CT molecular complexity index is 740. The number of hydrogen-bond acceptors (Lipinski definition) is 5. The summed E-state index contributed by atoms with van der Waals surface area (Å²) in [5.41, 5.74) is 3.62. The van der Waals surface area contributed by atoms with Crippen molar-refractivity contribution in [3.8, 4) is 0 Å². The van der Waals surface area contributed by atoms with Gasteiger partial charge in [0.25, 0.3) is 5.91 Å². The van der Waals surface area contributed by atoms with E-state index in [1.54, 1.807) is 0 Å². The molecule has 1 saturated heterocycles. The molecule has 0 unspecified atom stereocenters. The number of H-pyrrole nitrogens is 1. The average Bonchev–Trinajstić information content (AvgIpc) is 3.29. The van der Waals surface area contributed by atoms with E-state index in [2.05, 4.69) is 36.8 Å². The van der Waals surface area contributed by atoms with Crippen molar-refractivity contribution in [2.45, 2.75) is 32.4 Å². The van der Waals surface area contributed by atoms with Crippen molar-refractivity contribution >= 4 is 24.1 Å². The van der Waals surface area contributed by atoms with Crippen molar-refractivity contribution in [1.29, 1.82) is 0 Å². The molecule has 0 saturated carbocycles. The molecule has 0 radical (unpaired) electrons. The summed E-state index contributed by atoms with van der Waals surface area (Å²) in [5.74, 6) is 0.872. The Balaban J connectivity index is 0.00000182. The molecule has 2 aromatic rings. The fourth-order valence-electron chi connectivity index (χ4n) is 3.37. The smallest absolute Gasteiger partial charge is 0.272 e. The number of carbonyl (C=O) groups is 1. The number of aromatic amines is 1. The van der Waals surface area contributed by atoms with Gasteiger partial charge in [0.2, 0.25) is 0 Å². The van der Waals surface area contributed by atoms with Crippen LogP contribution in [0.2, 0.25) is 0 Å². The number of pyridine rings is 1. The highest BCUT2D eigenvalue weighted by Crippen LogP contribution is 2.19. The third-order valence-corrected chi connectivity index (χ3v) is 4.71. The van der Waals surface area contributed by atoms with Crippen molar-refractivity contribution in [3.63, 3.8) is 0 Å². The molecule has 2 aliphatic heterocycles. The molecule has 2 aromatic heterocycles. The summed E-state index contributed by atoms with van der Waals surface area (Å²) in [5, 5.41) is 13.4. The van der Waals surface area contributed by atoms with Gasteiger partial charge in [-0.15, -0.1) is 12.4 Å². The standard InChI is InChI=1S/C17H22N6O.ClH/c24-17(16-13-11-18-5-4-14(13)21-22-16)20-10-12-3-6-19-15(9-12)23-7-1-2-8-23;/h3,6,9,18H,1-2,4-5,7-8,10-11H2,(H,20,24)(H,21,22);1H. The monoisotopic (exact) mass is 362 g/mol. The van der Waals surface area contributed by atoms with Crippen LogP contribution in [0.1, 0.15) is 40.2 Å². The number of carbonyl (C=O) groups excluding carboxylic acids is 1. The van der Waals surface area contributed by atoms with E-state index in [1.807, 2.05) is 12.3 Å². The first-order valence-electron chi connectivity index (χ1n) is 8.56. The molecule has 2 aliphatic rings.